The summed E-state index contributed by atoms with van der Waals surface area (Å²) in [6.45, 7) is 11.5. The standard InChI is InChI=1S/C19H32N2/c1-16(2)15-20-11-5-4-6-12-21-13-7-8-18-14-17(3)9-10-19(18)21/h9-10,14,16,20H,4-8,11-13,15H2,1-3H3. The molecular weight excluding hydrogens is 256 g/mol. The maximum absolute atomic E-state index is 3.53. The summed E-state index contributed by atoms with van der Waals surface area (Å²) < 4.78 is 0. The molecule has 0 saturated heterocycles. The Kier molecular flexibility index (Phi) is 6.56. The van der Waals surface area contributed by atoms with E-state index in [0.29, 0.717) is 0 Å². The monoisotopic (exact) mass is 288 g/mol. The van der Waals surface area contributed by atoms with Crippen LogP contribution in [-0.2, 0) is 6.42 Å². The fourth-order valence-electron chi connectivity index (χ4n) is 3.16. The van der Waals surface area contributed by atoms with Gasteiger partial charge in [0.15, 0.2) is 0 Å². The molecular formula is C19H32N2. The van der Waals surface area contributed by atoms with Crippen LogP contribution in [0.2, 0.25) is 0 Å². The predicted octanol–water partition coefficient (Wildman–Crippen LogP) is 4.16. The Morgan fingerprint density at radius 3 is 2.86 bits per heavy atom. The van der Waals surface area contributed by atoms with Crippen molar-refractivity contribution in [3.05, 3.63) is 29.3 Å². The predicted molar refractivity (Wildman–Crippen MR) is 93.3 cm³/mol. The zero-order valence-corrected chi connectivity index (χ0v) is 14.1. The second-order valence-corrected chi connectivity index (χ2v) is 6.88. The lowest BCUT2D eigenvalue weighted by molar-refractivity contribution is 0.528. The number of rotatable bonds is 8. The first-order valence-electron chi connectivity index (χ1n) is 8.72. The molecule has 0 bridgehead atoms. The highest BCUT2D eigenvalue weighted by molar-refractivity contribution is 5.56. The van der Waals surface area contributed by atoms with Crippen LogP contribution >= 0.6 is 0 Å². The van der Waals surface area contributed by atoms with E-state index in [-0.39, 0.29) is 0 Å². The van der Waals surface area contributed by atoms with Crippen molar-refractivity contribution in [2.24, 2.45) is 5.92 Å². The molecule has 1 N–H and O–H groups in total. The Bertz CT molecular complexity index is 426. The summed E-state index contributed by atoms with van der Waals surface area (Å²) in [7, 11) is 0. The molecule has 0 amide bonds. The van der Waals surface area contributed by atoms with Crippen molar-refractivity contribution in [2.75, 3.05) is 31.1 Å². The van der Waals surface area contributed by atoms with Crippen LogP contribution in [0.5, 0.6) is 0 Å². The average Bonchev–Trinajstić information content (AvgIpc) is 2.45. The van der Waals surface area contributed by atoms with Crippen molar-refractivity contribution in [3.8, 4) is 0 Å². The van der Waals surface area contributed by atoms with E-state index >= 15 is 0 Å². The van der Waals surface area contributed by atoms with E-state index in [9.17, 15) is 0 Å². The number of hydrogen-bond acceptors (Lipinski definition) is 2. The van der Waals surface area contributed by atoms with Gasteiger partial charge < -0.3 is 10.2 Å². The molecule has 1 aliphatic heterocycles. The smallest absolute Gasteiger partial charge is 0.0398 e. The van der Waals surface area contributed by atoms with Gasteiger partial charge in [-0.2, -0.15) is 0 Å². The van der Waals surface area contributed by atoms with Gasteiger partial charge in [0.05, 0.1) is 0 Å². The third-order valence-electron chi connectivity index (χ3n) is 4.28. The molecule has 0 fully saturated rings. The molecule has 2 rings (SSSR count). The molecule has 0 atom stereocenters. The second-order valence-electron chi connectivity index (χ2n) is 6.88. The first-order valence-corrected chi connectivity index (χ1v) is 8.72. The van der Waals surface area contributed by atoms with Crippen LogP contribution in [0.25, 0.3) is 0 Å². The largest absolute Gasteiger partial charge is 0.371 e. The topological polar surface area (TPSA) is 15.3 Å². The molecule has 2 nitrogen and oxygen atoms in total. The van der Waals surface area contributed by atoms with Crippen LogP contribution in [0.3, 0.4) is 0 Å². The molecule has 1 aromatic rings. The summed E-state index contributed by atoms with van der Waals surface area (Å²) in [6.07, 6.45) is 6.53. The van der Waals surface area contributed by atoms with E-state index in [2.05, 4.69) is 49.2 Å². The summed E-state index contributed by atoms with van der Waals surface area (Å²) in [5.74, 6) is 0.762. The van der Waals surface area contributed by atoms with E-state index in [1.165, 1.54) is 63.0 Å². The Morgan fingerprint density at radius 1 is 1.19 bits per heavy atom. The van der Waals surface area contributed by atoms with Gasteiger partial charge in [0.1, 0.15) is 0 Å². The SMILES string of the molecule is Cc1ccc2c(c1)CCCN2CCCCCNCC(C)C. The minimum Gasteiger partial charge on any atom is -0.371 e. The molecule has 0 spiro atoms. The van der Waals surface area contributed by atoms with Crippen molar-refractivity contribution in [3.63, 3.8) is 0 Å². The molecule has 1 aliphatic rings. The highest BCUT2D eigenvalue weighted by Crippen LogP contribution is 2.28. The number of nitrogens with one attached hydrogen (secondary N) is 1. The van der Waals surface area contributed by atoms with Gasteiger partial charge in [-0.1, -0.05) is 38.0 Å². The molecule has 1 aromatic carbocycles. The molecule has 0 radical (unpaired) electrons. The van der Waals surface area contributed by atoms with Crippen molar-refractivity contribution in [1.29, 1.82) is 0 Å². The van der Waals surface area contributed by atoms with Crippen LogP contribution in [0.4, 0.5) is 5.69 Å². The summed E-state index contributed by atoms with van der Waals surface area (Å²) in [5.41, 5.74) is 4.44. The number of nitrogens with zero attached hydrogens (tertiary/aromatic N) is 1. The van der Waals surface area contributed by atoms with Crippen molar-refractivity contribution in [1.82, 2.24) is 5.32 Å². The van der Waals surface area contributed by atoms with Gasteiger partial charge in [0.2, 0.25) is 0 Å². The minimum atomic E-state index is 0.762. The van der Waals surface area contributed by atoms with Crippen molar-refractivity contribution < 1.29 is 0 Å². The first kappa shape index (κ1) is 16.4. The van der Waals surface area contributed by atoms with Gasteiger partial charge in [-0.3, -0.25) is 0 Å². The summed E-state index contributed by atoms with van der Waals surface area (Å²) in [4.78, 5) is 2.60. The van der Waals surface area contributed by atoms with E-state index in [1.807, 2.05) is 0 Å². The zero-order chi connectivity index (χ0) is 15.1. The number of fused-ring (bicyclic) bond motifs is 1. The van der Waals surface area contributed by atoms with E-state index in [4.69, 9.17) is 0 Å². The Labute approximate surface area is 130 Å². The molecule has 0 unspecified atom stereocenters. The molecule has 0 saturated carbocycles. The average molecular weight is 288 g/mol. The minimum absolute atomic E-state index is 0.762. The van der Waals surface area contributed by atoms with Crippen molar-refractivity contribution >= 4 is 5.69 Å². The van der Waals surface area contributed by atoms with Crippen LogP contribution < -0.4 is 10.2 Å². The summed E-state index contributed by atoms with van der Waals surface area (Å²) in [6, 6.07) is 6.96. The van der Waals surface area contributed by atoms with Crippen molar-refractivity contribution in [2.45, 2.75) is 52.9 Å². The lowest BCUT2D eigenvalue weighted by Crippen LogP contribution is -2.30. The number of anilines is 1. The molecule has 0 aromatic heterocycles. The van der Waals surface area contributed by atoms with E-state index < -0.39 is 0 Å². The lowest BCUT2D eigenvalue weighted by atomic mass is 9.99. The summed E-state index contributed by atoms with van der Waals surface area (Å²) in [5, 5.41) is 3.53. The number of hydrogen-bond donors (Lipinski definition) is 1. The number of aryl methyl sites for hydroxylation is 2. The first-order chi connectivity index (χ1) is 10.2. The third kappa shape index (κ3) is 5.35. The fourth-order valence-corrected chi connectivity index (χ4v) is 3.16. The van der Waals surface area contributed by atoms with E-state index in [0.717, 1.165) is 12.5 Å². The van der Waals surface area contributed by atoms with Gasteiger partial charge in [0.25, 0.3) is 0 Å². The van der Waals surface area contributed by atoms with Gasteiger partial charge in [-0.15, -0.1) is 0 Å². The molecule has 0 aliphatic carbocycles. The Hall–Kier alpha value is -1.02. The molecule has 1 heterocycles. The molecule has 21 heavy (non-hydrogen) atoms. The number of benzene rings is 1. The quantitative estimate of drug-likeness (QED) is 0.722. The molecule has 118 valence electrons. The Morgan fingerprint density at radius 2 is 2.05 bits per heavy atom. The normalized spacial score (nSPS) is 14.6. The van der Waals surface area contributed by atoms with Gasteiger partial charge in [-0.25, -0.2) is 0 Å². The van der Waals surface area contributed by atoms with Crippen LogP contribution in [-0.4, -0.2) is 26.2 Å². The molecule has 2 heteroatoms. The maximum Gasteiger partial charge on any atom is 0.0398 e. The number of unbranched alkanes of at least 4 members (excludes halogenated alkanes) is 2. The second kappa shape index (κ2) is 8.43. The van der Waals surface area contributed by atoms with Gasteiger partial charge in [0, 0.05) is 18.8 Å². The fraction of sp³-hybridized carbons (Fsp3) is 0.684. The highest BCUT2D eigenvalue weighted by Gasteiger charge is 2.15. The maximum atomic E-state index is 3.53. The summed E-state index contributed by atoms with van der Waals surface area (Å²) >= 11 is 0. The third-order valence-corrected chi connectivity index (χ3v) is 4.28. The zero-order valence-electron chi connectivity index (χ0n) is 14.1. The van der Waals surface area contributed by atoms with Gasteiger partial charge >= 0.3 is 0 Å². The highest BCUT2D eigenvalue weighted by atomic mass is 15.1. The van der Waals surface area contributed by atoms with Crippen LogP contribution in [0.1, 0.15) is 50.7 Å². The van der Waals surface area contributed by atoms with E-state index in [1.54, 1.807) is 5.56 Å². The van der Waals surface area contributed by atoms with Gasteiger partial charge in [-0.05, 0) is 63.2 Å². The van der Waals surface area contributed by atoms with Crippen LogP contribution in [0.15, 0.2) is 18.2 Å². The van der Waals surface area contributed by atoms with Crippen LogP contribution in [0, 0.1) is 12.8 Å². The Balaban J connectivity index is 1.68. The lowest BCUT2D eigenvalue weighted by Gasteiger charge is -2.31.